The molecule has 0 atom stereocenters. The van der Waals surface area contributed by atoms with E-state index in [9.17, 15) is 4.79 Å². The van der Waals surface area contributed by atoms with Crippen molar-refractivity contribution in [3.05, 3.63) is 0 Å². The van der Waals surface area contributed by atoms with Crippen LogP contribution in [0.4, 0.5) is 0 Å². The molecule has 1 N–H and O–H groups in total. The summed E-state index contributed by atoms with van der Waals surface area (Å²) in [5.41, 5.74) is 0.637. The summed E-state index contributed by atoms with van der Waals surface area (Å²) in [5.74, 6) is -0.241. The molecule has 0 heterocycles. The van der Waals surface area contributed by atoms with Gasteiger partial charge in [0.25, 0.3) is 0 Å². The molecule has 4 heteroatoms. The Bertz CT molecular complexity index is 289. The lowest BCUT2D eigenvalue weighted by atomic mass is 9.96. The van der Waals surface area contributed by atoms with Crippen LogP contribution in [0.2, 0.25) is 0 Å². The molecule has 0 bridgehead atoms. The fourth-order valence-electron chi connectivity index (χ4n) is 1.94. The summed E-state index contributed by atoms with van der Waals surface area (Å²) in [6.07, 6.45) is 5.83. The smallest absolute Gasteiger partial charge is 0.183 e. The summed E-state index contributed by atoms with van der Waals surface area (Å²) in [6, 6.07) is 0.301. The first-order chi connectivity index (χ1) is 7.15. The maximum Gasteiger partial charge on any atom is 0.183 e. The van der Waals surface area contributed by atoms with E-state index in [4.69, 9.17) is 5.21 Å². The van der Waals surface area contributed by atoms with E-state index in [-0.39, 0.29) is 11.5 Å². The third-order valence-corrected chi connectivity index (χ3v) is 2.73. The highest BCUT2D eigenvalue weighted by Crippen LogP contribution is 2.20. The second-order valence-electron chi connectivity index (χ2n) is 4.01. The van der Waals surface area contributed by atoms with Gasteiger partial charge in [-0.15, -0.1) is 0 Å². The van der Waals surface area contributed by atoms with Crippen LogP contribution in [-0.2, 0) is 4.79 Å². The van der Waals surface area contributed by atoms with Crippen molar-refractivity contribution in [1.82, 2.24) is 0 Å². The van der Waals surface area contributed by atoms with E-state index < -0.39 is 0 Å². The molecule has 1 rings (SSSR count). The maximum absolute atomic E-state index is 11.1. The van der Waals surface area contributed by atoms with Crippen LogP contribution in [0.15, 0.2) is 10.1 Å². The van der Waals surface area contributed by atoms with Gasteiger partial charge in [-0.2, -0.15) is 0 Å². The van der Waals surface area contributed by atoms with Crippen LogP contribution in [0.25, 0.3) is 0 Å². The third kappa shape index (κ3) is 3.46. The van der Waals surface area contributed by atoms with Crippen molar-refractivity contribution >= 4 is 17.2 Å². The molecule has 1 saturated carbocycles. The lowest BCUT2D eigenvalue weighted by molar-refractivity contribution is -0.111. The Kier molecular flexibility index (Phi) is 4.46. The zero-order valence-electron chi connectivity index (χ0n) is 9.36. The van der Waals surface area contributed by atoms with Crippen molar-refractivity contribution in [2.75, 3.05) is 0 Å². The lowest BCUT2D eigenvalue weighted by Gasteiger charge is -2.18. The summed E-state index contributed by atoms with van der Waals surface area (Å²) in [6.45, 7) is 3.11. The minimum absolute atomic E-state index is 0.0839. The van der Waals surface area contributed by atoms with Gasteiger partial charge in [-0.05, 0) is 19.8 Å². The molecule has 0 aromatic carbocycles. The maximum atomic E-state index is 11.1. The van der Waals surface area contributed by atoms with Crippen molar-refractivity contribution in [2.24, 2.45) is 10.1 Å². The van der Waals surface area contributed by atoms with E-state index in [1.165, 1.54) is 26.2 Å². The van der Waals surface area contributed by atoms with Crippen LogP contribution in [0.1, 0.15) is 46.0 Å². The van der Waals surface area contributed by atoms with Gasteiger partial charge in [0, 0.05) is 6.92 Å². The van der Waals surface area contributed by atoms with E-state index in [0.29, 0.717) is 11.8 Å². The van der Waals surface area contributed by atoms with Gasteiger partial charge in [0.1, 0.15) is 0 Å². The highest BCUT2D eigenvalue weighted by Gasteiger charge is 2.15. The quantitative estimate of drug-likeness (QED) is 0.441. The molecule has 4 nitrogen and oxygen atoms in total. The van der Waals surface area contributed by atoms with Crippen molar-refractivity contribution in [3.63, 3.8) is 0 Å². The highest BCUT2D eigenvalue weighted by molar-refractivity contribution is 6.66. The van der Waals surface area contributed by atoms with Gasteiger partial charge in [-0.3, -0.25) is 9.79 Å². The number of Topliss-reactive ketones (excluding diaryl/α,β-unsaturated/α-hetero) is 1. The van der Waals surface area contributed by atoms with Crippen molar-refractivity contribution in [3.8, 4) is 0 Å². The number of aliphatic imine (C=N–C) groups is 1. The van der Waals surface area contributed by atoms with Gasteiger partial charge in [0.15, 0.2) is 11.5 Å². The molecule has 1 fully saturated rings. The van der Waals surface area contributed by atoms with Crippen molar-refractivity contribution < 1.29 is 10.0 Å². The fraction of sp³-hybridized carbons (Fsp3) is 0.727. The number of rotatable bonds is 3. The van der Waals surface area contributed by atoms with Crippen LogP contribution in [0.3, 0.4) is 0 Å². The molecule has 0 amide bonds. The Hall–Kier alpha value is -1.19. The molecule has 15 heavy (non-hydrogen) atoms. The molecule has 0 aromatic heterocycles. The highest BCUT2D eigenvalue weighted by atomic mass is 16.4. The molecule has 0 unspecified atom stereocenters. The van der Waals surface area contributed by atoms with Gasteiger partial charge in [-0.25, -0.2) is 0 Å². The van der Waals surface area contributed by atoms with Crippen LogP contribution in [0.5, 0.6) is 0 Å². The number of hydrogen-bond donors (Lipinski definition) is 1. The summed E-state index contributed by atoms with van der Waals surface area (Å²) in [4.78, 5) is 15.5. The number of nitrogens with zero attached hydrogens (tertiary/aromatic N) is 2. The van der Waals surface area contributed by atoms with Gasteiger partial charge in [0.05, 0.1) is 11.8 Å². The number of oxime groups is 1. The van der Waals surface area contributed by atoms with Crippen LogP contribution < -0.4 is 0 Å². The SMILES string of the molecule is CC(=O)/C(=N/O)C(C)=NC1CCCCC1. The van der Waals surface area contributed by atoms with E-state index in [1.54, 1.807) is 6.92 Å². The average molecular weight is 210 g/mol. The Balaban J connectivity index is 2.68. The van der Waals surface area contributed by atoms with Crippen LogP contribution in [0, 0.1) is 0 Å². The standard InChI is InChI=1S/C11H18N2O2/c1-8(11(13-15)9(2)14)12-10-6-4-3-5-7-10/h10,15H,3-7H2,1-2H3/b12-8?,13-11+. The lowest BCUT2D eigenvalue weighted by Crippen LogP contribution is -2.22. The fourth-order valence-corrected chi connectivity index (χ4v) is 1.94. The molecule has 0 spiro atoms. The van der Waals surface area contributed by atoms with E-state index in [2.05, 4.69) is 10.1 Å². The predicted octanol–water partition coefficient (Wildman–Crippen LogP) is 2.20. The topological polar surface area (TPSA) is 62.0 Å². The Morgan fingerprint density at radius 3 is 2.27 bits per heavy atom. The number of carbonyl (C=O) groups excluding carboxylic acids is 1. The molecular formula is C11H18N2O2. The zero-order valence-corrected chi connectivity index (χ0v) is 9.36. The first-order valence-corrected chi connectivity index (χ1v) is 5.43. The first kappa shape index (κ1) is 11.9. The molecule has 0 radical (unpaired) electrons. The predicted molar refractivity (Wildman–Crippen MR) is 59.9 cm³/mol. The van der Waals surface area contributed by atoms with Gasteiger partial charge >= 0.3 is 0 Å². The second kappa shape index (κ2) is 5.63. The summed E-state index contributed by atoms with van der Waals surface area (Å²) >= 11 is 0. The Labute approximate surface area is 90.1 Å². The molecule has 0 saturated heterocycles. The molecule has 1 aliphatic rings. The minimum atomic E-state index is -0.241. The zero-order chi connectivity index (χ0) is 11.3. The van der Waals surface area contributed by atoms with E-state index in [1.807, 2.05) is 0 Å². The number of hydrogen-bond acceptors (Lipinski definition) is 4. The Morgan fingerprint density at radius 2 is 1.80 bits per heavy atom. The number of carbonyl (C=O) groups is 1. The van der Waals surface area contributed by atoms with Gasteiger partial charge < -0.3 is 5.21 Å². The van der Waals surface area contributed by atoms with Crippen LogP contribution in [-0.4, -0.2) is 28.5 Å². The van der Waals surface area contributed by atoms with E-state index >= 15 is 0 Å². The largest absolute Gasteiger partial charge is 0.410 e. The summed E-state index contributed by atoms with van der Waals surface area (Å²) < 4.78 is 0. The van der Waals surface area contributed by atoms with Crippen LogP contribution >= 0.6 is 0 Å². The summed E-state index contributed by atoms with van der Waals surface area (Å²) in [7, 11) is 0. The van der Waals surface area contributed by atoms with E-state index in [0.717, 1.165) is 12.8 Å². The first-order valence-electron chi connectivity index (χ1n) is 5.43. The summed E-state index contributed by atoms with van der Waals surface area (Å²) in [5, 5.41) is 11.7. The molecular weight excluding hydrogens is 192 g/mol. The molecule has 0 aliphatic heterocycles. The normalized spacial score (nSPS) is 20.4. The number of ketones is 1. The Morgan fingerprint density at radius 1 is 1.20 bits per heavy atom. The van der Waals surface area contributed by atoms with Crippen molar-refractivity contribution in [1.29, 1.82) is 0 Å². The van der Waals surface area contributed by atoms with Crippen molar-refractivity contribution in [2.45, 2.75) is 52.0 Å². The molecule has 1 aliphatic carbocycles. The van der Waals surface area contributed by atoms with Gasteiger partial charge in [0.2, 0.25) is 0 Å². The third-order valence-electron chi connectivity index (χ3n) is 2.73. The van der Waals surface area contributed by atoms with Gasteiger partial charge in [-0.1, -0.05) is 24.4 Å². The average Bonchev–Trinajstić information content (AvgIpc) is 2.19. The molecule has 0 aromatic rings. The molecule has 84 valence electrons. The second-order valence-corrected chi connectivity index (χ2v) is 4.01. The monoisotopic (exact) mass is 210 g/mol. The minimum Gasteiger partial charge on any atom is -0.410 e.